The molecule has 0 radical (unpaired) electrons. The first-order valence-electron chi connectivity index (χ1n) is 9.93. The summed E-state index contributed by atoms with van der Waals surface area (Å²) in [5.74, 6) is 0.137. The summed E-state index contributed by atoms with van der Waals surface area (Å²) in [6.45, 7) is 6.30. The lowest BCUT2D eigenvalue weighted by atomic mass is 9.69. The second-order valence-electron chi connectivity index (χ2n) is 8.62. The van der Waals surface area contributed by atoms with Crippen LogP contribution in [-0.2, 0) is 4.79 Å². The molecule has 0 spiro atoms. The van der Waals surface area contributed by atoms with Crippen LogP contribution in [0.25, 0.3) is 0 Å². The van der Waals surface area contributed by atoms with E-state index in [9.17, 15) is 10.1 Å². The standard InChI is InChI=1S/C24H25N3OS2/c1-14-10-16(23(29-4)30-14)20-17(13-25)22(26)27(15-8-6-5-7-9-15)18-11-24(2,3)12-19(28)21(18)20/h5-10,20H,11-12,26H2,1-4H3/t20-/m1/s1. The van der Waals surface area contributed by atoms with Gasteiger partial charge in [0.1, 0.15) is 5.82 Å². The fourth-order valence-electron chi connectivity index (χ4n) is 4.57. The number of thiophene rings is 1. The maximum Gasteiger partial charge on any atom is 0.162 e. The highest BCUT2D eigenvalue weighted by atomic mass is 32.2. The molecule has 1 aromatic carbocycles. The maximum atomic E-state index is 13.5. The molecule has 6 heteroatoms. The highest BCUT2D eigenvalue weighted by Crippen LogP contribution is 2.52. The van der Waals surface area contributed by atoms with Crippen molar-refractivity contribution in [2.75, 3.05) is 11.2 Å². The van der Waals surface area contributed by atoms with E-state index in [-0.39, 0.29) is 11.2 Å². The molecule has 2 aliphatic rings. The van der Waals surface area contributed by atoms with Crippen molar-refractivity contribution in [3.63, 3.8) is 0 Å². The summed E-state index contributed by atoms with van der Waals surface area (Å²) in [4.78, 5) is 16.6. The molecule has 0 amide bonds. The van der Waals surface area contributed by atoms with Gasteiger partial charge in [-0.15, -0.1) is 23.1 Å². The number of allylic oxidation sites excluding steroid dienone is 3. The van der Waals surface area contributed by atoms with Crippen LogP contribution in [0.3, 0.4) is 0 Å². The zero-order valence-corrected chi connectivity index (χ0v) is 19.3. The number of hydrogen-bond acceptors (Lipinski definition) is 6. The van der Waals surface area contributed by atoms with Crippen molar-refractivity contribution in [3.05, 3.63) is 69.5 Å². The molecule has 0 bridgehead atoms. The monoisotopic (exact) mass is 435 g/mol. The number of nitrogens with two attached hydrogens (primary N) is 1. The summed E-state index contributed by atoms with van der Waals surface area (Å²) < 4.78 is 1.13. The number of carbonyl (C=O) groups excluding carboxylic acids is 1. The van der Waals surface area contributed by atoms with Crippen molar-refractivity contribution in [1.82, 2.24) is 0 Å². The maximum absolute atomic E-state index is 13.5. The van der Waals surface area contributed by atoms with E-state index in [0.29, 0.717) is 17.8 Å². The minimum Gasteiger partial charge on any atom is -0.384 e. The lowest BCUT2D eigenvalue weighted by Gasteiger charge is -2.43. The van der Waals surface area contributed by atoms with Gasteiger partial charge in [-0.25, -0.2) is 0 Å². The smallest absolute Gasteiger partial charge is 0.162 e. The number of aryl methyl sites for hydroxylation is 1. The Balaban J connectivity index is 2.02. The Morgan fingerprint density at radius 2 is 1.97 bits per heavy atom. The SMILES string of the molecule is CSc1sc(C)cc1[C@@H]1C(C#N)=C(N)N(c2ccccc2)C2=C1C(=O)CC(C)(C)C2. The third kappa shape index (κ3) is 3.36. The molecule has 2 aromatic rings. The van der Waals surface area contributed by atoms with E-state index < -0.39 is 5.92 Å². The van der Waals surface area contributed by atoms with Crippen LogP contribution in [0.1, 0.15) is 43.0 Å². The van der Waals surface area contributed by atoms with Gasteiger partial charge in [-0.2, -0.15) is 5.26 Å². The van der Waals surface area contributed by atoms with Gasteiger partial charge in [0, 0.05) is 28.3 Å². The Morgan fingerprint density at radius 1 is 1.27 bits per heavy atom. The van der Waals surface area contributed by atoms with Gasteiger partial charge in [0.15, 0.2) is 5.78 Å². The zero-order valence-electron chi connectivity index (χ0n) is 17.7. The molecule has 1 aliphatic heterocycles. The number of hydrogen-bond donors (Lipinski definition) is 1. The molecule has 0 unspecified atom stereocenters. The summed E-state index contributed by atoms with van der Waals surface area (Å²) in [5.41, 5.74) is 10.5. The van der Waals surface area contributed by atoms with Gasteiger partial charge in [-0.3, -0.25) is 9.69 Å². The first-order valence-corrected chi connectivity index (χ1v) is 12.0. The fraction of sp³-hybridized carbons (Fsp3) is 0.333. The van der Waals surface area contributed by atoms with Crippen LogP contribution in [0.4, 0.5) is 5.69 Å². The molecule has 154 valence electrons. The fourth-order valence-corrected chi connectivity index (χ4v) is 6.48. The minimum atomic E-state index is -0.402. The van der Waals surface area contributed by atoms with Crippen molar-refractivity contribution in [3.8, 4) is 6.07 Å². The molecule has 1 aliphatic carbocycles. The molecule has 4 rings (SSSR count). The molecule has 1 atom stereocenters. The number of ketones is 1. The van der Waals surface area contributed by atoms with Crippen molar-refractivity contribution in [1.29, 1.82) is 5.26 Å². The van der Waals surface area contributed by atoms with Gasteiger partial charge in [0.2, 0.25) is 0 Å². The number of Topliss-reactive ketones (excluding diaryl/α,β-unsaturated/α-hetero) is 1. The van der Waals surface area contributed by atoms with Crippen molar-refractivity contribution in [2.45, 2.75) is 43.7 Å². The molecular weight excluding hydrogens is 410 g/mol. The predicted octanol–water partition coefficient (Wildman–Crippen LogP) is 5.72. The number of carbonyl (C=O) groups is 1. The number of benzene rings is 1. The molecule has 0 saturated heterocycles. The molecule has 0 fully saturated rings. The Morgan fingerprint density at radius 3 is 2.60 bits per heavy atom. The van der Waals surface area contributed by atoms with Gasteiger partial charge >= 0.3 is 0 Å². The van der Waals surface area contributed by atoms with Crippen molar-refractivity contribution < 1.29 is 4.79 Å². The van der Waals surface area contributed by atoms with Crippen LogP contribution in [0, 0.1) is 23.7 Å². The molecule has 1 aromatic heterocycles. The van der Waals surface area contributed by atoms with Gasteiger partial charge in [-0.05, 0) is 48.8 Å². The van der Waals surface area contributed by atoms with E-state index in [1.54, 1.807) is 23.1 Å². The number of rotatable bonds is 3. The second-order valence-corrected chi connectivity index (χ2v) is 11.0. The topological polar surface area (TPSA) is 70.1 Å². The van der Waals surface area contributed by atoms with Crippen LogP contribution in [0.5, 0.6) is 0 Å². The van der Waals surface area contributed by atoms with Crippen molar-refractivity contribution in [2.24, 2.45) is 11.1 Å². The molecule has 4 nitrogen and oxygen atoms in total. The van der Waals surface area contributed by atoms with Crippen LogP contribution in [-0.4, -0.2) is 12.0 Å². The second kappa shape index (κ2) is 7.64. The van der Waals surface area contributed by atoms with E-state index in [2.05, 4.69) is 32.9 Å². The predicted molar refractivity (Wildman–Crippen MR) is 124 cm³/mol. The molecular formula is C24H25N3OS2. The Hall–Kier alpha value is -2.49. The number of para-hydroxylation sites is 1. The van der Waals surface area contributed by atoms with Crippen molar-refractivity contribution >= 4 is 34.6 Å². The third-order valence-electron chi connectivity index (χ3n) is 5.74. The number of nitrogens with zero attached hydrogens (tertiary/aromatic N) is 2. The van der Waals surface area contributed by atoms with Crippen LogP contribution >= 0.6 is 23.1 Å². The third-order valence-corrected chi connectivity index (χ3v) is 7.96. The summed E-state index contributed by atoms with van der Waals surface area (Å²) in [6, 6.07) is 14.3. The zero-order chi connectivity index (χ0) is 21.6. The normalized spacial score (nSPS) is 21.0. The van der Waals surface area contributed by atoms with Crippen LogP contribution < -0.4 is 10.6 Å². The number of thioether (sulfide) groups is 1. The average Bonchev–Trinajstić information content (AvgIpc) is 3.07. The van der Waals surface area contributed by atoms with Gasteiger partial charge in [0.05, 0.1) is 21.8 Å². The quantitative estimate of drug-likeness (QED) is 0.625. The summed E-state index contributed by atoms with van der Waals surface area (Å²) in [7, 11) is 0. The number of nitriles is 1. The van der Waals surface area contributed by atoms with Gasteiger partial charge in [-0.1, -0.05) is 32.0 Å². The first kappa shape index (κ1) is 20.8. The van der Waals surface area contributed by atoms with E-state index >= 15 is 0 Å². The Labute approximate surface area is 186 Å². The summed E-state index contributed by atoms with van der Waals surface area (Å²) in [5, 5.41) is 10.2. The van der Waals surface area contributed by atoms with E-state index in [1.165, 1.54) is 4.88 Å². The van der Waals surface area contributed by atoms with Gasteiger partial charge < -0.3 is 5.73 Å². The van der Waals surface area contributed by atoms with Gasteiger partial charge in [0.25, 0.3) is 0 Å². The Bertz CT molecular complexity index is 1120. The van der Waals surface area contributed by atoms with Crippen LogP contribution in [0.2, 0.25) is 0 Å². The Kier molecular flexibility index (Phi) is 5.29. The van der Waals surface area contributed by atoms with Crippen LogP contribution in [0.15, 0.2) is 63.3 Å². The summed E-state index contributed by atoms with van der Waals surface area (Å²) in [6.07, 6.45) is 3.24. The number of anilines is 1. The highest BCUT2D eigenvalue weighted by Gasteiger charge is 2.45. The van der Waals surface area contributed by atoms with E-state index in [0.717, 1.165) is 33.2 Å². The lowest BCUT2D eigenvalue weighted by molar-refractivity contribution is -0.118. The highest BCUT2D eigenvalue weighted by molar-refractivity contribution is 8.00. The first-order chi connectivity index (χ1) is 14.3. The average molecular weight is 436 g/mol. The minimum absolute atomic E-state index is 0.114. The largest absolute Gasteiger partial charge is 0.384 e. The molecule has 2 heterocycles. The molecule has 0 saturated carbocycles. The lowest BCUT2D eigenvalue weighted by Crippen LogP contribution is -2.42. The van der Waals surface area contributed by atoms with E-state index in [1.807, 2.05) is 41.5 Å². The van der Waals surface area contributed by atoms with E-state index in [4.69, 9.17) is 5.73 Å². The summed E-state index contributed by atoms with van der Waals surface area (Å²) >= 11 is 3.36. The molecule has 2 N–H and O–H groups in total. The molecule has 30 heavy (non-hydrogen) atoms.